The van der Waals surface area contributed by atoms with Crippen LogP contribution in [0.5, 0.6) is 11.8 Å². The number of piperidine rings is 1. The molecule has 3 amide bonds. The molecular formula is C64H78F2N10O6S. The summed E-state index contributed by atoms with van der Waals surface area (Å²) >= 11 is 1.58. The minimum absolute atomic E-state index is 0.0154. The quantitative estimate of drug-likeness (QED) is 0.0579. The van der Waals surface area contributed by atoms with Gasteiger partial charge in [-0.2, -0.15) is 9.97 Å². The Labute approximate surface area is 488 Å². The van der Waals surface area contributed by atoms with Gasteiger partial charge in [0.25, 0.3) is 0 Å². The van der Waals surface area contributed by atoms with E-state index in [0.29, 0.717) is 83.6 Å². The first-order valence-corrected chi connectivity index (χ1v) is 30.9. The van der Waals surface area contributed by atoms with E-state index in [-0.39, 0.29) is 70.5 Å². The van der Waals surface area contributed by atoms with Crippen LogP contribution in [0.3, 0.4) is 0 Å². The summed E-state index contributed by atoms with van der Waals surface area (Å²) in [6.45, 7) is 16.1. The van der Waals surface area contributed by atoms with Gasteiger partial charge in [0.1, 0.15) is 40.7 Å². The van der Waals surface area contributed by atoms with E-state index in [0.717, 1.165) is 99.1 Å². The number of aliphatic hydroxyl groups is 1. The van der Waals surface area contributed by atoms with Crippen LogP contribution >= 0.6 is 11.3 Å². The highest BCUT2D eigenvalue weighted by Gasteiger charge is 2.50. The van der Waals surface area contributed by atoms with Gasteiger partial charge in [0.05, 0.1) is 40.2 Å². The van der Waals surface area contributed by atoms with Crippen molar-refractivity contribution in [1.29, 1.82) is 0 Å². The number of aromatic nitrogens is 4. The molecular weight excluding hydrogens is 1070 g/mol. The van der Waals surface area contributed by atoms with Crippen molar-refractivity contribution in [2.45, 2.75) is 155 Å². The first-order valence-electron chi connectivity index (χ1n) is 30.0. The molecule has 16 nitrogen and oxygen atoms in total. The number of aryl methyl sites for hydroxylation is 2. The summed E-state index contributed by atoms with van der Waals surface area (Å²) in [7, 11) is 0. The lowest BCUT2D eigenvalue weighted by molar-refractivity contribution is -0.144. The van der Waals surface area contributed by atoms with E-state index in [1.54, 1.807) is 29.7 Å². The third-order valence-electron chi connectivity index (χ3n) is 19.1. The molecule has 3 aromatic carbocycles. The number of benzene rings is 3. The number of aliphatic hydroxyl groups excluding tert-OH is 1. The Bertz CT molecular complexity index is 3430. The lowest BCUT2D eigenvalue weighted by atomic mass is 9.56. The predicted octanol–water partition coefficient (Wildman–Crippen LogP) is 9.57. The Morgan fingerprint density at radius 3 is 2.36 bits per heavy atom. The monoisotopic (exact) mass is 1150 g/mol. The fraction of sp³-hybridized carbons (Fsp3) is 0.547. The van der Waals surface area contributed by atoms with E-state index >= 15 is 8.78 Å². The largest absolute Gasteiger partial charge is 0.508 e. The first kappa shape index (κ1) is 57.0. The van der Waals surface area contributed by atoms with Crippen molar-refractivity contribution >= 4 is 56.6 Å². The maximum atomic E-state index is 17.3. The Morgan fingerprint density at radius 1 is 0.952 bits per heavy atom. The van der Waals surface area contributed by atoms with E-state index in [4.69, 9.17) is 14.7 Å². The van der Waals surface area contributed by atoms with Crippen LogP contribution in [-0.4, -0.2) is 134 Å². The van der Waals surface area contributed by atoms with Gasteiger partial charge in [0, 0.05) is 68.3 Å². The number of rotatable bonds is 17. The number of anilines is 1. The number of piperazine rings is 1. The molecule has 440 valence electrons. The minimum atomic E-state index is -0.881. The van der Waals surface area contributed by atoms with Crippen LogP contribution < -0.4 is 25.6 Å². The van der Waals surface area contributed by atoms with E-state index in [9.17, 15) is 24.6 Å². The number of hydrogen-bond donors (Lipinski definition) is 5. The summed E-state index contributed by atoms with van der Waals surface area (Å²) in [5, 5.41) is 33.0. The Balaban J connectivity index is 0.643. The van der Waals surface area contributed by atoms with Gasteiger partial charge in [0.15, 0.2) is 5.82 Å². The molecule has 1 spiro atoms. The zero-order valence-electron chi connectivity index (χ0n) is 48.6. The van der Waals surface area contributed by atoms with Gasteiger partial charge >= 0.3 is 6.01 Å². The highest BCUT2D eigenvalue weighted by atomic mass is 32.1. The average Bonchev–Trinajstić information content (AvgIpc) is 3.41. The maximum absolute atomic E-state index is 17.3. The number of phenolic OH excluding ortho intramolecular Hbond substituents is 1. The Kier molecular flexibility index (Phi) is 15.5. The van der Waals surface area contributed by atoms with Crippen molar-refractivity contribution in [2.24, 2.45) is 22.2 Å². The van der Waals surface area contributed by atoms with Crippen molar-refractivity contribution in [3.05, 3.63) is 88.7 Å². The zero-order valence-corrected chi connectivity index (χ0v) is 49.4. The number of halogens is 2. The molecule has 2 unspecified atom stereocenters. The summed E-state index contributed by atoms with van der Waals surface area (Å²) in [6.07, 6.45) is 10.7. The number of likely N-dealkylation sites (tertiary alicyclic amines) is 2. The van der Waals surface area contributed by atoms with Crippen molar-refractivity contribution < 1.29 is 38.1 Å². The minimum Gasteiger partial charge on any atom is -0.508 e. The summed E-state index contributed by atoms with van der Waals surface area (Å²) in [4.78, 5) is 68.0. The van der Waals surface area contributed by atoms with E-state index in [1.807, 2.05) is 71.3 Å². The second-order valence-corrected chi connectivity index (χ2v) is 27.1. The lowest BCUT2D eigenvalue weighted by Gasteiger charge is -2.53. The first-order chi connectivity index (χ1) is 39.7. The zero-order chi connectivity index (χ0) is 58.1. The van der Waals surface area contributed by atoms with Crippen LogP contribution in [0.25, 0.3) is 43.4 Å². The normalized spacial score (nSPS) is 22.9. The van der Waals surface area contributed by atoms with Crippen molar-refractivity contribution in [3.8, 4) is 33.5 Å². The van der Waals surface area contributed by atoms with Crippen molar-refractivity contribution in [3.63, 3.8) is 0 Å². The molecule has 6 aliphatic rings. The molecule has 4 aliphatic heterocycles. The molecule has 2 bridgehead atoms. The molecule has 83 heavy (non-hydrogen) atoms. The molecule has 2 aliphatic carbocycles. The molecule has 3 aromatic heterocycles. The van der Waals surface area contributed by atoms with E-state index in [2.05, 4.69) is 35.7 Å². The van der Waals surface area contributed by atoms with Crippen molar-refractivity contribution in [2.75, 3.05) is 50.8 Å². The average molecular weight is 1150 g/mol. The number of aromatic hydroxyl groups is 1. The van der Waals surface area contributed by atoms with Crippen LogP contribution in [-0.2, 0) is 20.8 Å². The number of amides is 3. The Morgan fingerprint density at radius 2 is 1.69 bits per heavy atom. The van der Waals surface area contributed by atoms with Gasteiger partial charge in [-0.1, -0.05) is 58.0 Å². The number of carbonyl (C=O) groups excluding carboxylic acids is 3. The van der Waals surface area contributed by atoms with Gasteiger partial charge in [0.2, 0.25) is 17.7 Å². The van der Waals surface area contributed by atoms with Crippen LogP contribution in [0.1, 0.15) is 128 Å². The highest BCUT2D eigenvalue weighted by Crippen LogP contribution is 2.55. The van der Waals surface area contributed by atoms with Crippen molar-refractivity contribution in [1.82, 2.24) is 45.7 Å². The molecule has 4 saturated heterocycles. The molecule has 5 N–H and O–H groups in total. The van der Waals surface area contributed by atoms with Crippen LogP contribution in [0, 0.1) is 40.7 Å². The summed E-state index contributed by atoms with van der Waals surface area (Å²) in [5.41, 5.74) is 5.07. The number of carbonyl (C=O) groups is 3. The van der Waals surface area contributed by atoms with Gasteiger partial charge in [-0.05, 0) is 154 Å². The van der Waals surface area contributed by atoms with Gasteiger partial charge in [-0.25, -0.2) is 13.8 Å². The molecule has 6 atom stereocenters. The number of nitrogens with one attached hydrogen (secondary N) is 3. The molecule has 0 radical (unpaired) electrons. The number of pyridine rings is 1. The lowest BCUT2D eigenvalue weighted by Crippen LogP contribution is -2.58. The van der Waals surface area contributed by atoms with Gasteiger partial charge < -0.3 is 45.6 Å². The number of fused-ring (bicyclic) bond motifs is 4. The predicted molar refractivity (Wildman–Crippen MR) is 317 cm³/mol. The fourth-order valence-corrected chi connectivity index (χ4v) is 15.1. The SMILES string of the molecule is CCc1c(F)ccc2cc(O)cc(-c3ncc4c(N5CC6CCC(C5)N6)nc(OCC5(CN6CCC7(CC6)CC(CCC(=O)N[C@H](C(=O)N6C[C@H](O)C[C@H]6C(=O)N[C@@H](C)c6ccc(-c8scnc8C)cc6)C(C)(C)C)C7)CC5)nc4c3F)c12. The van der Waals surface area contributed by atoms with Gasteiger partial charge in [-0.3, -0.25) is 19.4 Å². The van der Waals surface area contributed by atoms with Crippen LogP contribution in [0.4, 0.5) is 14.6 Å². The van der Waals surface area contributed by atoms with E-state index in [1.165, 1.54) is 17.0 Å². The number of hydrogen-bond acceptors (Lipinski definition) is 14. The molecule has 2 saturated carbocycles. The molecule has 12 rings (SSSR count). The standard InChI is InChI=1S/C64H78F2N10O6S/c1-7-46-49(65)16-13-41-24-44(77)25-47(52(41)46)54-53(66)55-48(29-67-54)58(75-30-42-14-15-43(31-75)70-42)73-61(72-55)82-34-64(18-19-64)33-74-22-20-63(21-23-74)27-38(28-63)8-17-51(79)71-57(62(4,5)6)60(81)76-32-45(78)26-50(76)59(80)69-36(2)39-9-11-40(12-10-39)56-37(3)68-35-83-56/h9-13,16,24-25,29,35-36,38,42-43,45,50,57,70,77-78H,7-8,14-15,17-23,26-28,30-34H2,1-6H3,(H,69,80)(H,71,79)/t36-,42?,43?,45+,50-,57+/m0/s1. The Hall–Kier alpha value is -6.41. The smallest absolute Gasteiger partial charge is 0.319 e. The third-order valence-corrected chi connectivity index (χ3v) is 20.1. The second kappa shape index (κ2) is 22.5. The number of β-amino-alcohol motifs (C(OH)–C–C–N with tert-alkyl or cyclic N) is 1. The third kappa shape index (κ3) is 11.6. The fourth-order valence-electron chi connectivity index (χ4n) is 14.3. The molecule has 7 heterocycles. The topological polar surface area (TPSA) is 198 Å². The maximum Gasteiger partial charge on any atom is 0.319 e. The number of nitrogens with zero attached hydrogens (tertiary/aromatic N) is 7. The van der Waals surface area contributed by atoms with E-state index < -0.39 is 35.2 Å². The number of ether oxygens (including phenoxy) is 1. The highest BCUT2D eigenvalue weighted by molar-refractivity contribution is 7.13. The summed E-state index contributed by atoms with van der Waals surface area (Å²) in [6, 6.07) is 12.6. The molecule has 6 aromatic rings. The number of thiazole rings is 1. The summed E-state index contributed by atoms with van der Waals surface area (Å²) < 4.78 is 39.1. The second-order valence-electron chi connectivity index (χ2n) is 26.3. The molecule has 6 fully saturated rings. The van der Waals surface area contributed by atoms with Crippen LogP contribution in [0.15, 0.2) is 60.2 Å². The summed E-state index contributed by atoms with van der Waals surface area (Å²) in [5.74, 6) is -1.04. The van der Waals surface area contributed by atoms with Crippen LogP contribution in [0.2, 0.25) is 0 Å². The number of phenols is 1. The molecule has 19 heteroatoms. The van der Waals surface area contributed by atoms with Gasteiger partial charge in [-0.15, -0.1) is 11.3 Å².